The molecule has 1 aliphatic rings. The van der Waals surface area contributed by atoms with Gasteiger partial charge in [0.05, 0.1) is 23.1 Å². The summed E-state index contributed by atoms with van der Waals surface area (Å²) >= 11 is 0. The first-order valence-electron chi connectivity index (χ1n) is 11.1. The van der Waals surface area contributed by atoms with Crippen LogP contribution in [0.1, 0.15) is 35.8 Å². The molecule has 1 saturated heterocycles. The van der Waals surface area contributed by atoms with E-state index in [2.05, 4.69) is 15.1 Å². The molecule has 0 atom stereocenters. The second kappa shape index (κ2) is 8.97. The van der Waals surface area contributed by atoms with E-state index in [1.54, 1.807) is 12.5 Å². The molecule has 2 aromatic heterocycles. The first kappa shape index (κ1) is 23.3. The second-order valence-electron chi connectivity index (χ2n) is 8.62. The van der Waals surface area contributed by atoms with Crippen LogP contribution in [0.3, 0.4) is 0 Å². The number of halogens is 2. The van der Waals surface area contributed by atoms with Crippen LogP contribution >= 0.6 is 0 Å². The molecular weight excluding hydrogens is 476 g/mol. The van der Waals surface area contributed by atoms with E-state index >= 15 is 0 Å². The van der Waals surface area contributed by atoms with Crippen LogP contribution in [0.5, 0.6) is 0 Å². The van der Waals surface area contributed by atoms with Gasteiger partial charge in [0.25, 0.3) is 0 Å². The molecule has 3 heterocycles. The molecule has 8 nitrogen and oxygen atoms in total. The number of aryl methyl sites for hydroxylation is 1. The zero-order valence-electron chi connectivity index (χ0n) is 18.9. The molecule has 4 aromatic rings. The number of benzene rings is 2. The molecule has 5 rings (SSSR count). The predicted octanol–water partition coefficient (Wildman–Crippen LogP) is 3.44. The Morgan fingerprint density at radius 2 is 1.80 bits per heavy atom. The Bertz CT molecular complexity index is 1440. The summed E-state index contributed by atoms with van der Waals surface area (Å²) in [5, 5.41) is 4.17. The molecule has 0 bridgehead atoms. The summed E-state index contributed by atoms with van der Waals surface area (Å²) in [6.07, 6.45) is 4.65. The van der Waals surface area contributed by atoms with E-state index in [-0.39, 0.29) is 18.0 Å². The summed E-state index contributed by atoms with van der Waals surface area (Å²) in [7, 11) is -2.11. The van der Waals surface area contributed by atoms with E-state index in [1.165, 1.54) is 4.31 Å². The van der Waals surface area contributed by atoms with Crippen LogP contribution < -0.4 is 0 Å². The van der Waals surface area contributed by atoms with E-state index in [0.717, 1.165) is 23.4 Å². The molecule has 0 aliphatic carbocycles. The third-order valence-corrected chi connectivity index (χ3v) is 8.46. The summed E-state index contributed by atoms with van der Waals surface area (Å²) < 4.78 is 62.2. The van der Waals surface area contributed by atoms with Crippen molar-refractivity contribution >= 4 is 10.0 Å². The van der Waals surface area contributed by atoms with Gasteiger partial charge in [-0.1, -0.05) is 35.5 Å². The largest absolute Gasteiger partial charge is 0.338 e. The zero-order valence-corrected chi connectivity index (χ0v) is 19.8. The van der Waals surface area contributed by atoms with E-state index in [1.807, 2.05) is 41.9 Å². The van der Waals surface area contributed by atoms with Gasteiger partial charge in [0.2, 0.25) is 15.9 Å². The summed E-state index contributed by atoms with van der Waals surface area (Å²) in [5.74, 6) is -1.36. The Morgan fingerprint density at radius 3 is 2.46 bits per heavy atom. The Kier molecular flexibility index (Phi) is 5.97. The van der Waals surface area contributed by atoms with Crippen molar-refractivity contribution in [3.63, 3.8) is 0 Å². The predicted molar refractivity (Wildman–Crippen MR) is 122 cm³/mol. The molecule has 0 radical (unpaired) electrons. The van der Waals surface area contributed by atoms with Crippen molar-refractivity contribution in [2.75, 3.05) is 13.1 Å². The highest BCUT2D eigenvalue weighted by Gasteiger charge is 2.45. The second-order valence-corrected chi connectivity index (χ2v) is 10.6. The fourth-order valence-electron chi connectivity index (χ4n) is 4.51. The summed E-state index contributed by atoms with van der Waals surface area (Å²) in [6.45, 7) is 0.297. The highest BCUT2D eigenvalue weighted by atomic mass is 32.2. The van der Waals surface area contributed by atoms with Crippen molar-refractivity contribution in [3.8, 4) is 0 Å². The van der Waals surface area contributed by atoms with Crippen molar-refractivity contribution in [2.24, 2.45) is 7.05 Å². The average molecular weight is 500 g/mol. The van der Waals surface area contributed by atoms with Gasteiger partial charge in [0, 0.05) is 32.0 Å². The number of nitrogens with zero attached hydrogens (tertiary/aromatic N) is 5. The lowest BCUT2D eigenvalue weighted by Gasteiger charge is -2.39. The van der Waals surface area contributed by atoms with Crippen LogP contribution in [0.4, 0.5) is 8.78 Å². The number of rotatable bonds is 6. The quantitative estimate of drug-likeness (QED) is 0.404. The fourth-order valence-corrected chi connectivity index (χ4v) is 5.97. The first-order chi connectivity index (χ1) is 16.8. The number of aromatic nitrogens is 4. The lowest BCUT2D eigenvalue weighted by molar-refractivity contribution is 0.214. The van der Waals surface area contributed by atoms with E-state index < -0.39 is 27.1 Å². The van der Waals surface area contributed by atoms with Gasteiger partial charge in [0.1, 0.15) is 0 Å². The lowest BCUT2D eigenvalue weighted by Crippen LogP contribution is -2.46. The smallest absolute Gasteiger partial charge is 0.243 e. The van der Waals surface area contributed by atoms with E-state index in [0.29, 0.717) is 37.0 Å². The minimum absolute atomic E-state index is 0.148. The molecule has 35 heavy (non-hydrogen) atoms. The zero-order chi connectivity index (χ0) is 24.6. The van der Waals surface area contributed by atoms with Gasteiger partial charge < -0.3 is 9.09 Å². The van der Waals surface area contributed by atoms with E-state index in [4.69, 9.17) is 4.52 Å². The van der Waals surface area contributed by atoms with Crippen LogP contribution in [0.25, 0.3) is 0 Å². The number of imidazole rings is 1. The fraction of sp³-hybridized carbons (Fsp3) is 0.292. The molecule has 0 spiro atoms. The number of piperidine rings is 1. The number of sulfonamides is 1. The molecule has 182 valence electrons. The van der Waals surface area contributed by atoms with Crippen LogP contribution in [0.2, 0.25) is 0 Å². The van der Waals surface area contributed by atoms with Gasteiger partial charge in [-0.3, -0.25) is 0 Å². The Labute approximate surface area is 201 Å². The highest BCUT2D eigenvalue weighted by Crippen LogP contribution is 2.42. The maximum absolute atomic E-state index is 13.7. The third-order valence-electron chi connectivity index (χ3n) is 6.56. The first-order valence-corrected chi connectivity index (χ1v) is 12.5. The van der Waals surface area contributed by atoms with Gasteiger partial charge in [0.15, 0.2) is 17.5 Å². The topological polar surface area (TPSA) is 94.1 Å². The van der Waals surface area contributed by atoms with Gasteiger partial charge in [-0.05, 0) is 36.6 Å². The molecular formula is C24H23F2N5O3S. The van der Waals surface area contributed by atoms with Gasteiger partial charge in [-0.25, -0.2) is 22.2 Å². The molecule has 11 heteroatoms. The molecule has 0 unspecified atom stereocenters. The standard InChI is InChI=1S/C24H23F2N5O3S/c1-30-16-27-15-18(30)13-22-28-23(34-29-22)24(17-5-3-2-4-6-17)9-11-31(12-10-24)35(32,33)19-7-8-20(25)21(26)14-19/h2-8,14-16H,9-13H2,1H3. The van der Waals surface area contributed by atoms with Crippen LogP contribution in [-0.4, -0.2) is 45.5 Å². The Hall–Kier alpha value is -3.44. The normalized spacial score (nSPS) is 16.4. The van der Waals surface area contributed by atoms with Crippen LogP contribution in [0, 0.1) is 11.6 Å². The van der Waals surface area contributed by atoms with Crippen molar-refractivity contribution in [1.82, 2.24) is 24.0 Å². The van der Waals surface area contributed by atoms with Crippen molar-refractivity contribution in [1.29, 1.82) is 0 Å². The SMILES string of the molecule is Cn1cncc1Cc1noc(C2(c3ccccc3)CCN(S(=O)(=O)c3ccc(F)c(F)c3)CC2)n1. The molecule has 2 aromatic carbocycles. The van der Waals surface area contributed by atoms with Gasteiger partial charge in [-0.2, -0.15) is 9.29 Å². The van der Waals surface area contributed by atoms with Gasteiger partial charge >= 0.3 is 0 Å². The van der Waals surface area contributed by atoms with Crippen LogP contribution in [0.15, 0.2) is 70.5 Å². The number of hydrogen-bond donors (Lipinski definition) is 0. The Morgan fingerprint density at radius 1 is 1.06 bits per heavy atom. The lowest BCUT2D eigenvalue weighted by atomic mass is 9.73. The summed E-state index contributed by atoms with van der Waals surface area (Å²) in [5.41, 5.74) is 1.19. The minimum Gasteiger partial charge on any atom is -0.338 e. The molecule has 0 amide bonds. The monoisotopic (exact) mass is 499 g/mol. The van der Waals surface area contributed by atoms with E-state index in [9.17, 15) is 17.2 Å². The van der Waals surface area contributed by atoms with Crippen molar-refractivity contribution in [2.45, 2.75) is 29.6 Å². The minimum atomic E-state index is -4.00. The van der Waals surface area contributed by atoms with Crippen molar-refractivity contribution in [3.05, 3.63) is 95.7 Å². The summed E-state index contributed by atoms with van der Waals surface area (Å²) in [6, 6.07) is 12.3. The van der Waals surface area contributed by atoms with Crippen molar-refractivity contribution < 1.29 is 21.7 Å². The Balaban J connectivity index is 1.44. The summed E-state index contributed by atoms with van der Waals surface area (Å²) in [4.78, 5) is 8.52. The number of hydrogen-bond acceptors (Lipinski definition) is 6. The third kappa shape index (κ3) is 4.25. The molecule has 0 N–H and O–H groups in total. The maximum atomic E-state index is 13.7. The highest BCUT2D eigenvalue weighted by molar-refractivity contribution is 7.89. The van der Waals surface area contributed by atoms with Gasteiger partial charge in [-0.15, -0.1) is 0 Å². The molecule has 0 saturated carbocycles. The average Bonchev–Trinajstić information content (AvgIpc) is 3.51. The molecule has 1 aliphatic heterocycles. The van der Waals surface area contributed by atoms with Crippen LogP contribution in [-0.2, 0) is 28.9 Å². The molecule has 1 fully saturated rings. The maximum Gasteiger partial charge on any atom is 0.243 e.